The van der Waals surface area contributed by atoms with Crippen molar-refractivity contribution in [3.05, 3.63) is 64.0 Å². The van der Waals surface area contributed by atoms with Crippen LogP contribution in [0.2, 0.25) is 10.0 Å². The van der Waals surface area contributed by atoms with Gasteiger partial charge in [-0.05, 0) is 42.3 Å². The monoisotopic (exact) mass is 437 g/mol. The van der Waals surface area contributed by atoms with Crippen LogP contribution in [-0.2, 0) is 17.8 Å². The van der Waals surface area contributed by atoms with E-state index in [-0.39, 0.29) is 23.5 Å². The van der Waals surface area contributed by atoms with Crippen molar-refractivity contribution in [2.45, 2.75) is 25.2 Å². The number of hydrogen-bond acceptors (Lipinski definition) is 6. The highest BCUT2D eigenvalue weighted by molar-refractivity contribution is 7.99. The third kappa shape index (κ3) is 5.89. The van der Waals surface area contributed by atoms with Gasteiger partial charge >= 0.3 is 0 Å². The predicted octanol–water partition coefficient (Wildman–Crippen LogP) is 5.25. The van der Waals surface area contributed by atoms with E-state index >= 15 is 0 Å². The second-order valence-corrected chi connectivity index (χ2v) is 7.48. The molecule has 0 radical (unpaired) electrons. The smallest absolute Gasteiger partial charge is 0.277 e. The fraction of sp³-hybridized carbons (Fsp3) is 0.211. The zero-order chi connectivity index (χ0) is 19.9. The van der Waals surface area contributed by atoms with Crippen LogP contribution in [0, 0.1) is 0 Å². The van der Waals surface area contributed by atoms with Gasteiger partial charge in [0.05, 0.1) is 16.5 Å². The van der Waals surface area contributed by atoms with Gasteiger partial charge in [-0.3, -0.25) is 4.79 Å². The van der Waals surface area contributed by atoms with E-state index in [0.717, 1.165) is 23.9 Å². The molecule has 146 valence electrons. The topological polar surface area (TPSA) is 77.2 Å². The molecule has 0 fully saturated rings. The van der Waals surface area contributed by atoms with Crippen LogP contribution in [0.25, 0.3) is 0 Å². The highest BCUT2D eigenvalue weighted by Gasteiger charge is 2.12. The molecule has 0 saturated heterocycles. The van der Waals surface area contributed by atoms with Crippen LogP contribution in [0.15, 0.2) is 52.1 Å². The summed E-state index contributed by atoms with van der Waals surface area (Å²) in [6, 6.07) is 12.7. The first-order valence-corrected chi connectivity index (χ1v) is 10.2. The number of halogens is 2. The number of amides is 1. The number of carbonyl (C=O) groups is 1. The molecule has 3 rings (SSSR count). The van der Waals surface area contributed by atoms with Gasteiger partial charge in [-0.2, -0.15) is 0 Å². The number of aryl methyl sites for hydroxylation is 1. The van der Waals surface area contributed by atoms with Gasteiger partial charge in [-0.1, -0.05) is 54.0 Å². The first-order valence-electron chi connectivity index (χ1n) is 8.45. The van der Waals surface area contributed by atoms with Crippen molar-refractivity contribution < 1.29 is 13.9 Å². The van der Waals surface area contributed by atoms with E-state index in [1.807, 2.05) is 24.3 Å². The summed E-state index contributed by atoms with van der Waals surface area (Å²) in [6.07, 6.45) is 0.975. The van der Waals surface area contributed by atoms with Crippen molar-refractivity contribution in [1.82, 2.24) is 10.2 Å². The standard InChI is InChI=1S/C19H17Cl2N3O3S/c1-2-12-3-6-14(7-4-12)26-10-18-23-24-19(27-18)28-11-17(25)22-16-8-5-13(20)9-15(16)21/h3-9H,2,10-11H2,1H3,(H,22,25). The molecule has 0 aliphatic heterocycles. The normalized spacial score (nSPS) is 10.7. The molecule has 0 aliphatic carbocycles. The Morgan fingerprint density at radius 2 is 1.96 bits per heavy atom. The number of nitrogens with zero attached hydrogens (tertiary/aromatic N) is 2. The van der Waals surface area contributed by atoms with Gasteiger partial charge < -0.3 is 14.5 Å². The van der Waals surface area contributed by atoms with Crippen LogP contribution < -0.4 is 10.1 Å². The summed E-state index contributed by atoms with van der Waals surface area (Å²) in [5.41, 5.74) is 1.73. The SMILES string of the molecule is CCc1ccc(OCc2nnc(SCC(=O)Nc3ccc(Cl)cc3Cl)o2)cc1. The highest BCUT2D eigenvalue weighted by Crippen LogP contribution is 2.26. The Labute approximate surface area is 176 Å². The molecule has 0 aliphatic rings. The van der Waals surface area contributed by atoms with Gasteiger partial charge in [0.2, 0.25) is 5.91 Å². The number of aromatic nitrogens is 2. The zero-order valence-corrected chi connectivity index (χ0v) is 17.3. The minimum Gasteiger partial charge on any atom is -0.484 e. The van der Waals surface area contributed by atoms with E-state index in [2.05, 4.69) is 22.4 Å². The molecule has 3 aromatic rings. The van der Waals surface area contributed by atoms with E-state index in [1.54, 1.807) is 18.2 Å². The Morgan fingerprint density at radius 3 is 2.68 bits per heavy atom. The average Bonchev–Trinajstić information content (AvgIpc) is 3.15. The zero-order valence-electron chi connectivity index (χ0n) is 14.9. The number of nitrogens with one attached hydrogen (secondary N) is 1. The van der Waals surface area contributed by atoms with E-state index in [4.69, 9.17) is 32.4 Å². The van der Waals surface area contributed by atoms with E-state index < -0.39 is 0 Å². The molecule has 9 heteroatoms. The molecule has 1 aromatic heterocycles. The van der Waals surface area contributed by atoms with Crippen LogP contribution >= 0.6 is 35.0 Å². The lowest BCUT2D eigenvalue weighted by Crippen LogP contribution is -2.14. The van der Waals surface area contributed by atoms with Crippen molar-refractivity contribution in [3.8, 4) is 5.75 Å². The van der Waals surface area contributed by atoms with E-state index in [1.165, 1.54) is 5.56 Å². The maximum atomic E-state index is 12.1. The van der Waals surface area contributed by atoms with Crippen molar-refractivity contribution in [2.24, 2.45) is 0 Å². The van der Waals surface area contributed by atoms with Crippen molar-refractivity contribution in [1.29, 1.82) is 0 Å². The summed E-state index contributed by atoms with van der Waals surface area (Å²) in [4.78, 5) is 12.1. The molecule has 0 spiro atoms. The first kappa shape index (κ1) is 20.5. The molecule has 1 N–H and O–H groups in total. The lowest BCUT2D eigenvalue weighted by Gasteiger charge is -2.06. The number of thioether (sulfide) groups is 1. The van der Waals surface area contributed by atoms with Crippen LogP contribution in [-0.4, -0.2) is 21.9 Å². The number of rotatable bonds is 8. The maximum Gasteiger partial charge on any atom is 0.277 e. The lowest BCUT2D eigenvalue weighted by molar-refractivity contribution is -0.113. The summed E-state index contributed by atoms with van der Waals surface area (Å²) in [5.74, 6) is 0.910. The lowest BCUT2D eigenvalue weighted by atomic mass is 10.2. The summed E-state index contributed by atoms with van der Waals surface area (Å²) in [7, 11) is 0. The van der Waals surface area contributed by atoms with Crippen molar-refractivity contribution in [3.63, 3.8) is 0 Å². The number of benzene rings is 2. The van der Waals surface area contributed by atoms with E-state index in [9.17, 15) is 4.79 Å². The second-order valence-electron chi connectivity index (χ2n) is 5.71. The van der Waals surface area contributed by atoms with Gasteiger partial charge in [-0.15, -0.1) is 10.2 Å². The Hall–Kier alpha value is -2.22. The first-order chi connectivity index (χ1) is 13.5. The second kappa shape index (κ2) is 9.82. The summed E-state index contributed by atoms with van der Waals surface area (Å²) < 4.78 is 11.1. The third-order valence-electron chi connectivity index (χ3n) is 3.67. The third-order valence-corrected chi connectivity index (χ3v) is 5.04. The fourth-order valence-electron chi connectivity index (χ4n) is 2.23. The molecule has 1 amide bonds. The molecule has 0 bridgehead atoms. The maximum absolute atomic E-state index is 12.1. The molecular formula is C19H17Cl2N3O3S. The van der Waals surface area contributed by atoms with Crippen LogP contribution in [0.4, 0.5) is 5.69 Å². The van der Waals surface area contributed by atoms with Gasteiger partial charge in [0, 0.05) is 5.02 Å². The van der Waals surface area contributed by atoms with Crippen molar-refractivity contribution >= 4 is 46.6 Å². The number of hydrogen-bond donors (Lipinski definition) is 1. The molecule has 1 heterocycles. The van der Waals surface area contributed by atoms with Crippen LogP contribution in [0.3, 0.4) is 0 Å². The Kier molecular flexibility index (Phi) is 7.19. The number of anilines is 1. The van der Waals surface area contributed by atoms with Gasteiger partial charge in [0.25, 0.3) is 11.1 Å². The largest absolute Gasteiger partial charge is 0.484 e. The minimum atomic E-state index is -0.249. The Morgan fingerprint density at radius 1 is 1.18 bits per heavy atom. The quantitative estimate of drug-likeness (QED) is 0.484. The molecule has 0 unspecified atom stereocenters. The van der Waals surface area contributed by atoms with Gasteiger partial charge in [0.1, 0.15) is 5.75 Å². The van der Waals surface area contributed by atoms with Gasteiger partial charge in [0.15, 0.2) is 6.61 Å². The Balaban J connectivity index is 1.46. The molecule has 6 nitrogen and oxygen atoms in total. The highest BCUT2D eigenvalue weighted by atomic mass is 35.5. The Bertz CT molecular complexity index is 948. The number of ether oxygens (including phenoxy) is 1. The van der Waals surface area contributed by atoms with Crippen LogP contribution in [0.5, 0.6) is 5.75 Å². The molecule has 2 aromatic carbocycles. The molecule has 28 heavy (non-hydrogen) atoms. The molecular weight excluding hydrogens is 421 g/mol. The average molecular weight is 438 g/mol. The van der Waals surface area contributed by atoms with E-state index in [0.29, 0.717) is 21.6 Å². The van der Waals surface area contributed by atoms with Crippen molar-refractivity contribution in [2.75, 3.05) is 11.1 Å². The molecule has 0 saturated carbocycles. The predicted molar refractivity (Wildman–Crippen MR) is 110 cm³/mol. The van der Waals surface area contributed by atoms with Crippen LogP contribution in [0.1, 0.15) is 18.4 Å². The van der Waals surface area contributed by atoms with Gasteiger partial charge in [-0.25, -0.2) is 0 Å². The summed E-state index contributed by atoms with van der Waals surface area (Å²) >= 11 is 13.0. The number of carbonyl (C=O) groups excluding carboxylic acids is 1. The minimum absolute atomic E-state index is 0.0971. The summed E-state index contributed by atoms with van der Waals surface area (Å²) in [5, 5.41) is 11.7. The summed E-state index contributed by atoms with van der Waals surface area (Å²) in [6.45, 7) is 2.25. The molecule has 0 atom stereocenters. The fourth-order valence-corrected chi connectivity index (χ4v) is 3.26.